The van der Waals surface area contributed by atoms with Crippen molar-refractivity contribution in [3.8, 4) is 0 Å². The van der Waals surface area contributed by atoms with Crippen molar-refractivity contribution in [3.05, 3.63) is 0 Å². The summed E-state index contributed by atoms with van der Waals surface area (Å²) in [4.78, 5) is 10.0. The SMILES string of the molecule is CC1COC(=O)O1.F[P-](F)(F)(F)(F)F.[Na+]. The van der Waals surface area contributed by atoms with Crippen LogP contribution >= 0.6 is 7.81 Å². The van der Waals surface area contributed by atoms with E-state index in [2.05, 4.69) is 9.47 Å². The summed E-state index contributed by atoms with van der Waals surface area (Å²) in [5.74, 6) is 0. The summed E-state index contributed by atoms with van der Waals surface area (Å²) < 4.78 is 68.1. The number of hydrogen-bond donors (Lipinski definition) is 0. The van der Waals surface area contributed by atoms with Crippen molar-refractivity contribution < 1.29 is 69.0 Å². The minimum absolute atomic E-state index is 0. The Morgan fingerprint density at radius 3 is 1.60 bits per heavy atom. The van der Waals surface area contributed by atoms with Gasteiger partial charge in [0, 0.05) is 0 Å². The smallest absolute Gasteiger partial charge is 1.00 e. The predicted octanol–water partition coefficient (Wildman–Crippen LogP) is 0.928. The Morgan fingerprint density at radius 1 is 1.20 bits per heavy atom. The van der Waals surface area contributed by atoms with Gasteiger partial charge in [0.25, 0.3) is 0 Å². The summed E-state index contributed by atoms with van der Waals surface area (Å²) in [6.45, 7) is 2.18. The second kappa shape index (κ2) is 4.27. The zero-order valence-electron chi connectivity index (χ0n) is 7.72. The third-order valence-electron chi connectivity index (χ3n) is 0.733. The van der Waals surface area contributed by atoms with Crippen molar-refractivity contribution in [3.63, 3.8) is 0 Å². The van der Waals surface area contributed by atoms with Crippen molar-refractivity contribution in [2.45, 2.75) is 13.0 Å². The molecule has 1 rings (SSSR count). The van der Waals surface area contributed by atoms with Gasteiger partial charge in [-0.15, -0.1) is 0 Å². The van der Waals surface area contributed by atoms with Crippen LogP contribution in [0.5, 0.6) is 0 Å². The van der Waals surface area contributed by atoms with E-state index in [1.807, 2.05) is 0 Å². The van der Waals surface area contributed by atoms with Gasteiger partial charge in [-0.2, -0.15) is 0 Å². The van der Waals surface area contributed by atoms with Gasteiger partial charge in [-0.25, -0.2) is 4.79 Å². The number of halogens is 6. The van der Waals surface area contributed by atoms with E-state index in [9.17, 15) is 30.0 Å². The second-order valence-electron chi connectivity index (χ2n) is 2.45. The van der Waals surface area contributed by atoms with E-state index in [1.165, 1.54) is 0 Å². The molecule has 0 aliphatic carbocycles. The third-order valence-corrected chi connectivity index (χ3v) is 0.733. The van der Waals surface area contributed by atoms with Gasteiger partial charge in [0.2, 0.25) is 0 Å². The first kappa shape index (κ1) is 17.7. The van der Waals surface area contributed by atoms with Crippen LogP contribution in [-0.2, 0) is 9.47 Å². The van der Waals surface area contributed by atoms with Gasteiger partial charge in [0.15, 0.2) is 0 Å². The van der Waals surface area contributed by atoms with E-state index in [1.54, 1.807) is 6.92 Å². The normalized spacial score (nSPS) is 24.5. The summed E-state index contributed by atoms with van der Waals surface area (Å²) >= 11 is 0. The Labute approximate surface area is 103 Å². The molecule has 1 aliphatic heterocycles. The first-order valence-electron chi connectivity index (χ1n) is 3.14. The maximum atomic E-state index is 10.0. The molecule has 0 saturated carbocycles. The Bertz CT molecular complexity index is 224. The first-order valence-corrected chi connectivity index (χ1v) is 5.16. The molecular weight excluding hydrogens is 264 g/mol. The van der Waals surface area contributed by atoms with Crippen LogP contribution in [0.1, 0.15) is 6.92 Å². The fourth-order valence-corrected chi connectivity index (χ4v) is 0.418. The van der Waals surface area contributed by atoms with Crippen LogP contribution in [0.3, 0.4) is 0 Å². The molecule has 0 spiro atoms. The molecule has 3 nitrogen and oxygen atoms in total. The fourth-order valence-electron chi connectivity index (χ4n) is 0.418. The minimum atomic E-state index is -10.7. The summed E-state index contributed by atoms with van der Waals surface area (Å²) in [7, 11) is -10.7. The molecule has 0 N–H and O–H groups in total. The zero-order valence-corrected chi connectivity index (χ0v) is 10.6. The van der Waals surface area contributed by atoms with Crippen molar-refractivity contribution >= 4 is 14.0 Å². The molecule has 0 radical (unpaired) electrons. The fraction of sp³-hybridized carbons (Fsp3) is 0.750. The average molecular weight is 270 g/mol. The molecule has 1 fully saturated rings. The average Bonchev–Trinajstić information content (AvgIpc) is 2.04. The van der Waals surface area contributed by atoms with Gasteiger partial charge in [0.1, 0.15) is 12.7 Å². The second-order valence-corrected chi connectivity index (χ2v) is 4.36. The Balaban J connectivity index is 0. The molecule has 1 aliphatic rings. The van der Waals surface area contributed by atoms with E-state index >= 15 is 0 Å². The van der Waals surface area contributed by atoms with Crippen molar-refractivity contribution in [2.24, 2.45) is 0 Å². The maximum Gasteiger partial charge on any atom is 1.00 e. The van der Waals surface area contributed by atoms with Gasteiger partial charge >= 0.3 is 68.7 Å². The summed E-state index contributed by atoms with van der Waals surface area (Å²) in [5, 5.41) is 0. The van der Waals surface area contributed by atoms with Gasteiger partial charge in [-0.3, -0.25) is 0 Å². The topological polar surface area (TPSA) is 35.5 Å². The Kier molecular flexibility index (Phi) is 5.03. The standard InChI is InChI=1S/C4H6O3.F6P.Na/c1-3-2-6-4(5)7-3;1-7(2,3,4,5)6;/h3H,2H2,1H3;;/q;-1;+1. The number of carbonyl (C=O) groups excluding carboxylic acids is 1. The van der Waals surface area contributed by atoms with Crippen LogP contribution in [-0.4, -0.2) is 18.9 Å². The summed E-state index contributed by atoms with van der Waals surface area (Å²) in [6, 6.07) is 0. The molecule has 0 aromatic rings. The van der Waals surface area contributed by atoms with Gasteiger partial charge in [0.05, 0.1) is 0 Å². The van der Waals surface area contributed by atoms with Crippen LogP contribution in [0.4, 0.5) is 30.0 Å². The summed E-state index contributed by atoms with van der Waals surface area (Å²) in [6.07, 6.45) is -0.597. The van der Waals surface area contributed by atoms with Crippen LogP contribution < -0.4 is 29.6 Å². The zero-order chi connectivity index (χ0) is 11.7. The van der Waals surface area contributed by atoms with E-state index in [4.69, 9.17) is 0 Å². The quantitative estimate of drug-likeness (QED) is 0.284. The molecule has 1 unspecified atom stereocenters. The molecule has 0 aromatic heterocycles. The molecule has 0 bridgehead atoms. The monoisotopic (exact) mass is 270 g/mol. The maximum absolute atomic E-state index is 10.7. The van der Waals surface area contributed by atoms with Crippen LogP contribution in [0.25, 0.3) is 0 Å². The Morgan fingerprint density at radius 2 is 1.53 bits per heavy atom. The number of carbonyl (C=O) groups is 1. The van der Waals surface area contributed by atoms with Crippen LogP contribution in [0.15, 0.2) is 0 Å². The van der Waals surface area contributed by atoms with E-state index in [0.717, 1.165) is 0 Å². The van der Waals surface area contributed by atoms with Crippen LogP contribution in [0, 0.1) is 0 Å². The molecule has 1 heterocycles. The predicted molar refractivity (Wildman–Crippen MR) is 35.5 cm³/mol. The molecule has 0 amide bonds. The first-order chi connectivity index (χ1) is 5.74. The van der Waals surface area contributed by atoms with Crippen molar-refractivity contribution in [2.75, 3.05) is 6.61 Å². The molecule has 0 aromatic carbocycles. The molecule has 1 saturated heterocycles. The number of hydrogen-bond acceptors (Lipinski definition) is 3. The van der Waals surface area contributed by atoms with E-state index in [0.29, 0.717) is 6.61 Å². The Hall–Kier alpha value is 0.280. The summed E-state index contributed by atoms with van der Waals surface area (Å²) in [5.41, 5.74) is 0. The molecule has 11 heteroatoms. The molecular formula is C4H6F6NaO3P. The van der Waals surface area contributed by atoms with Gasteiger partial charge in [-0.05, 0) is 6.92 Å². The molecule has 1 atom stereocenters. The largest absolute Gasteiger partial charge is 1.00 e. The molecule has 15 heavy (non-hydrogen) atoms. The van der Waals surface area contributed by atoms with E-state index < -0.39 is 14.0 Å². The van der Waals surface area contributed by atoms with E-state index in [-0.39, 0.29) is 35.7 Å². The number of cyclic esters (lactones) is 2. The third kappa shape index (κ3) is 25.0. The van der Waals surface area contributed by atoms with Gasteiger partial charge in [-0.1, -0.05) is 0 Å². The van der Waals surface area contributed by atoms with Crippen LogP contribution in [0.2, 0.25) is 0 Å². The molecule has 88 valence electrons. The number of rotatable bonds is 0. The number of ether oxygens (including phenoxy) is 2. The van der Waals surface area contributed by atoms with Crippen molar-refractivity contribution in [1.82, 2.24) is 0 Å². The van der Waals surface area contributed by atoms with Crippen molar-refractivity contribution in [1.29, 1.82) is 0 Å². The minimum Gasteiger partial charge on any atom is 1.00 e. The van der Waals surface area contributed by atoms with Gasteiger partial charge < -0.3 is 9.47 Å².